The van der Waals surface area contributed by atoms with Gasteiger partial charge >= 0.3 is 0 Å². The monoisotopic (exact) mass is 378 g/mol. The first-order valence-electron chi connectivity index (χ1n) is 9.11. The molecule has 1 unspecified atom stereocenters. The van der Waals surface area contributed by atoms with Crippen LogP contribution < -0.4 is 14.8 Å². The summed E-state index contributed by atoms with van der Waals surface area (Å²) in [5, 5.41) is 17.2. The van der Waals surface area contributed by atoms with Crippen molar-refractivity contribution in [3.8, 4) is 17.6 Å². The minimum atomic E-state index is -0.420. The van der Waals surface area contributed by atoms with Gasteiger partial charge in [-0.25, -0.2) is 4.68 Å². The summed E-state index contributed by atoms with van der Waals surface area (Å²) < 4.78 is 12.5. The molecule has 0 radical (unpaired) electrons. The van der Waals surface area contributed by atoms with E-state index in [9.17, 15) is 10.1 Å². The molecule has 2 aromatic rings. The fraction of sp³-hybridized carbons (Fsp3) is 0.381. The van der Waals surface area contributed by atoms with Crippen molar-refractivity contribution in [2.45, 2.75) is 32.7 Å². The normalized spacial score (nSPS) is 20.0. The first-order valence-corrected chi connectivity index (χ1v) is 9.11. The third kappa shape index (κ3) is 2.73. The van der Waals surface area contributed by atoms with Crippen LogP contribution in [0.15, 0.2) is 35.7 Å². The van der Waals surface area contributed by atoms with Gasteiger partial charge in [-0.3, -0.25) is 4.79 Å². The number of nitrogens with one attached hydrogen (secondary N) is 1. The van der Waals surface area contributed by atoms with Crippen LogP contribution in [0.4, 0.5) is 5.82 Å². The standard InChI is InChI=1S/C21H22N4O3/c1-21(2)8-14-18(15(26)9-21)19(25-20(24-14)13(10-22)11-23-25)12-5-6-16(27-3)17(7-12)28-4/h5-7,11,19,24H,8-9H2,1-4H3. The number of allylic oxidation sites excluding steroid dienone is 2. The lowest BCUT2D eigenvalue weighted by Gasteiger charge is -2.39. The number of nitriles is 1. The fourth-order valence-corrected chi connectivity index (χ4v) is 4.12. The first kappa shape index (κ1) is 18.1. The highest BCUT2D eigenvalue weighted by atomic mass is 16.5. The van der Waals surface area contributed by atoms with Crippen molar-refractivity contribution in [3.05, 3.63) is 46.8 Å². The van der Waals surface area contributed by atoms with E-state index in [1.807, 2.05) is 18.2 Å². The molecular formula is C21H22N4O3. The Hall–Kier alpha value is -3.27. The molecule has 0 bridgehead atoms. The van der Waals surface area contributed by atoms with Crippen molar-refractivity contribution >= 4 is 11.6 Å². The van der Waals surface area contributed by atoms with E-state index in [1.165, 1.54) is 6.20 Å². The van der Waals surface area contributed by atoms with Gasteiger partial charge in [0.1, 0.15) is 23.5 Å². The number of carbonyl (C=O) groups is 1. The van der Waals surface area contributed by atoms with Gasteiger partial charge in [0.2, 0.25) is 0 Å². The van der Waals surface area contributed by atoms with Gasteiger partial charge in [-0.05, 0) is 29.5 Å². The van der Waals surface area contributed by atoms with Crippen LogP contribution in [0.3, 0.4) is 0 Å². The predicted molar refractivity (Wildman–Crippen MR) is 103 cm³/mol. The van der Waals surface area contributed by atoms with Gasteiger partial charge in [0, 0.05) is 17.7 Å². The molecule has 2 aliphatic rings. The Morgan fingerprint density at radius 1 is 1.25 bits per heavy atom. The van der Waals surface area contributed by atoms with Crippen molar-refractivity contribution in [2.75, 3.05) is 19.5 Å². The summed E-state index contributed by atoms with van der Waals surface area (Å²) in [5.74, 6) is 1.91. The number of methoxy groups -OCH3 is 2. The van der Waals surface area contributed by atoms with E-state index in [0.717, 1.165) is 17.7 Å². The maximum atomic E-state index is 13.1. The van der Waals surface area contributed by atoms with Crippen molar-refractivity contribution in [2.24, 2.45) is 5.41 Å². The van der Waals surface area contributed by atoms with E-state index in [0.29, 0.717) is 34.9 Å². The predicted octanol–water partition coefficient (Wildman–Crippen LogP) is 3.43. The maximum Gasteiger partial charge on any atom is 0.163 e. The molecule has 0 saturated heterocycles. The Bertz CT molecular complexity index is 1040. The zero-order valence-electron chi connectivity index (χ0n) is 16.4. The zero-order chi connectivity index (χ0) is 20.1. The number of Topliss-reactive ketones (excluding diaryl/α,β-unsaturated/α-hetero) is 1. The lowest BCUT2D eigenvalue weighted by Crippen LogP contribution is -2.36. The molecule has 4 rings (SSSR count). The lowest BCUT2D eigenvalue weighted by molar-refractivity contribution is -0.118. The Morgan fingerprint density at radius 2 is 2.00 bits per heavy atom. The minimum absolute atomic E-state index is 0.0955. The molecule has 1 aromatic carbocycles. The Balaban J connectivity index is 1.93. The third-order valence-corrected chi connectivity index (χ3v) is 5.35. The van der Waals surface area contributed by atoms with Crippen LogP contribution in [-0.2, 0) is 4.79 Å². The average Bonchev–Trinajstić information content (AvgIpc) is 3.07. The molecule has 0 fully saturated rings. The molecule has 1 aromatic heterocycles. The summed E-state index contributed by atoms with van der Waals surface area (Å²) in [6.45, 7) is 4.16. The van der Waals surface area contributed by atoms with Crippen molar-refractivity contribution in [1.82, 2.24) is 9.78 Å². The summed E-state index contributed by atoms with van der Waals surface area (Å²) in [7, 11) is 3.16. The smallest absolute Gasteiger partial charge is 0.163 e. The number of anilines is 1. The van der Waals surface area contributed by atoms with E-state index in [2.05, 4.69) is 30.3 Å². The number of rotatable bonds is 3. The topological polar surface area (TPSA) is 89.2 Å². The molecule has 28 heavy (non-hydrogen) atoms. The maximum absolute atomic E-state index is 13.1. The number of fused-ring (bicyclic) bond motifs is 1. The second-order valence-electron chi connectivity index (χ2n) is 7.94. The summed E-state index contributed by atoms with van der Waals surface area (Å²) in [6, 6.07) is 7.35. The van der Waals surface area contributed by atoms with E-state index in [1.54, 1.807) is 18.9 Å². The van der Waals surface area contributed by atoms with Crippen LogP contribution in [0.2, 0.25) is 0 Å². The first-order chi connectivity index (χ1) is 13.4. The molecule has 1 aliphatic heterocycles. The zero-order valence-corrected chi connectivity index (χ0v) is 16.4. The second-order valence-corrected chi connectivity index (χ2v) is 7.94. The van der Waals surface area contributed by atoms with Gasteiger partial charge in [0.05, 0.1) is 20.4 Å². The van der Waals surface area contributed by atoms with Gasteiger partial charge in [-0.2, -0.15) is 10.4 Å². The molecule has 1 N–H and O–H groups in total. The van der Waals surface area contributed by atoms with Crippen molar-refractivity contribution in [1.29, 1.82) is 5.26 Å². The highest BCUT2D eigenvalue weighted by Crippen LogP contribution is 2.47. The SMILES string of the molecule is COc1ccc(C2C3=C(CC(C)(C)CC3=O)Nc3c(C#N)cnn32)cc1OC. The second kappa shape index (κ2) is 6.41. The lowest BCUT2D eigenvalue weighted by atomic mass is 9.73. The molecule has 0 spiro atoms. The van der Waals surface area contributed by atoms with Crippen LogP contribution in [0.25, 0.3) is 0 Å². The number of nitrogens with zero attached hydrogens (tertiary/aromatic N) is 3. The molecule has 7 nitrogen and oxygen atoms in total. The van der Waals surface area contributed by atoms with Gasteiger partial charge in [0.25, 0.3) is 0 Å². The summed E-state index contributed by atoms with van der Waals surface area (Å²) >= 11 is 0. The van der Waals surface area contributed by atoms with Crippen molar-refractivity contribution < 1.29 is 14.3 Å². The molecule has 0 saturated carbocycles. The summed E-state index contributed by atoms with van der Waals surface area (Å²) in [5.41, 5.74) is 2.73. The van der Waals surface area contributed by atoms with Gasteiger partial charge in [0.15, 0.2) is 17.3 Å². The largest absolute Gasteiger partial charge is 0.493 e. The third-order valence-electron chi connectivity index (χ3n) is 5.35. The molecule has 7 heteroatoms. The number of benzene rings is 1. The highest BCUT2D eigenvalue weighted by molar-refractivity contribution is 6.00. The average molecular weight is 378 g/mol. The van der Waals surface area contributed by atoms with E-state index < -0.39 is 6.04 Å². The Labute approximate surface area is 163 Å². The number of ether oxygens (including phenoxy) is 2. The summed E-state index contributed by atoms with van der Waals surface area (Å²) in [6.07, 6.45) is 2.73. The van der Waals surface area contributed by atoms with Crippen LogP contribution >= 0.6 is 0 Å². The number of aromatic nitrogens is 2. The Morgan fingerprint density at radius 3 is 2.68 bits per heavy atom. The van der Waals surface area contributed by atoms with Gasteiger partial charge < -0.3 is 14.8 Å². The summed E-state index contributed by atoms with van der Waals surface area (Å²) in [4.78, 5) is 13.1. The molecule has 1 aliphatic carbocycles. The van der Waals surface area contributed by atoms with Crippen LogP contribution in [0, 0.1) is 16.7 Å². The highest BCUT2D eigenvalue weighted by Gasteiger charge is 2.41. The number of ketones is 1. The van der Waals surface area contributed by atoms with E-state index >= 15 is 0 Å². The molecule has 144 valence electrons. The van der Waals surface area contributed by atoms with E-state index in [4.69, 9.17) is 9.47 Å². The van der Waals surface area contributed by atoms with E-state index in [-0.39, 0.29) is 11.2 Å². The quantitative estimate of drug-likeness (QED) is 0.880. The van der Waals surface area contributed by atoms with Crippen LogP contribution in [-0.4, -0.2) is 29.8 Å². The van der Waals surface area contributed by atoms with Crippen molar-refractivity contribution in [3.63, 3.8) is 0 Å². The number of hydrogen-bond acceptors (Lipinski definition) is 6. The van der Waals surface area contributed by atoms with Gasteiger partial charge in [-0.15, -0.1) is 0 Å². The molecular weight excluding hydrogens is 356 g/mol. The number of carbonyl (C=O) groups excluding carboxylic acids is 1. The van der Waals surface area contributed by atoms with Gasteiger partial charge in [-0.1, -0.05) is 19.9 Å². The van der Waals surface area contributed by atoms with Crippen LogP contribution in [0.5, 0.6) is 11.5 Å². The molecule has 0 amide bonds. The molecule has 1 atom stereocenters. The molecule has 2 heterocycles. The number of hydrogen-bond donors (Lipinski definition) is 1. The minimum Gasteiger partial charge on any atom is -0.493 e. The Kier molecular flexibility index (Phi) is 4.15. The van der Waals surface area contributed by atoms with Crippen LogP contribution in [0.1, 0.15) is 43.9 Å². The fourth-order valence-electron chi connectivity index (χ4n) is 4.12.